The van der Waals surface area contributed by atoms with E-state index in [4.69, 9.17) is 17.0 Å². The molecule has 0 unspecified atom stereocenters. The number of aryl methyl sites for hydroxylation is 1. The van der Waals surface area contributed by atoms with E-state index in [1.807, 2.05) is 0 Å². The smallest absolute Gasteiger partial charge is 0.304 e. The maximum absolute atomic E-state index is 11.3. The first-order valence-corrected chi connectivity index (χ1v) is 4.07. The second kappa shape index (κ2) is 5.09. The topological polar surface area (TPSA) is 50.8 Å². The molecular weight excluding hydrogens is 213 g/mol. The van der Waals surface area contributed by atoms with Crippen molar-refractivity contribution in [2.24, 2.45) is 7.05 Å². The van der Waals surface area contributed by atoms with Gasteiger partial charge in [-0.1, -0.05) is 0 Å². The molecule has 0 aliphatic carbocycles. The summed E-state index contributed by atoms with van der Waals surface area (Å²) in [4.78, 5) is 11.3. The molecule has 0 amide bonds. The van der Waals surface area contributed by atoms with Crippen LogP contribution in [0.1, 0.15) is 0 Å². The Morgan fingerprint density at radius 1 is 1.62 bits per heavy atom. The Morgan fingerprint density at radius 3 is 2.77 bits per heavy atom. The third-order valence-electron chi connectivity index (χ3n) is 1.59. The summed E-state index contributed by atoms with van der Waals surface area (Å²) < 4.78 is 2.75. The van der Waals surface area contributed by atoms with Crippen LogP contribution in [-0.4, -0.2) is 15.0 Å². The van der Waals surface area contributed by atoms with Crippen LogP contribution in [0.3, 0.4) is 0 Å². The molecule has 74 valence electrons. The van der Waals surface area contributed by atoms with Crippen molar-refractivity contribution in [1.29, 1.82) is 5.41 Å². The van der Waals surface area contributed by atoms with Crippen LogP contribution < -0.4 is 11.2 Å². The number of aromatic nitrogens is 2. The van der Waals surface area contributed by atoms with Gasteiger partial charge in [0.25, 0.3) is 0 Å². The lowest BCUT2D eigenvalue weighted by Gasteiger charge is -2.04. The molecule has 0 aromatic carbocycles. The molecule has 0 saturated carbocycles. The Balaban J connectivity index is 0.00000144. The lowest BCUT2D eigenvalue weighted by molar-refractivity contribution is 0.608. The summed E-state index contributed by atoms with van der Waals surface area (Å²) in [5, 5.41) is 7.40. The molecule has 1 N–H and O–H groups in total. The van der Waals surface area contributed by atoms with Crippen LogP contribution in [0.4, 0.5) is 0 Å². The van der Waals surface area contributed by atoms with E-state index in [-0.39, 0.29) is 23.6 Å². The largest absolute Gasteiger partial charge is 0.329 e. The van der Waals surface area contributed by atoms with Gasteiger partial charge in [0, 0.05) is 25.7 Å². The van der Waals surface area contributed by atoms with Crippen molar-refractivity contribution in [1.82, 2.24) is 9.13 Å². The molecule has 0 aliphatic rings. The van der Waals surface area contributed by atoms with Crippen LogP contribution in [0.2, 0.25) is 0 Å². The number of rotatable bonds is 2. The van der Waals surface area contributed by atoms with Crippen LogP contribution in [-0.2, 0) is 13.6 Å². The molecule has 1 aromatic rings. The summed E-state index contributed by atoms with van der Waals surface area (Å²) in [5.74, 6) is 0.343. The Hall–Kier alpha value is -0.740. The van der Waals surface area contributed by atoms with Gasteiger partial charge in [-0.25, -0.2) is 4.79 Å². The van der Waals surface area contributed by atoms with Gasteiger partial charge in [0.15, 0.2) is 0 Å². The van der Waals surface area contributed by atoms with E-state index < -0.39 is 0 Å². The highest BCUT2D eigenvalue weighted by molar-refractivity contribution is 6.17. The molecule has 4 nitrogen and oxygen atoms in total. The molecule has 1 heterocycles. The SMILES string of the molecule is Cl.Cn1ccc(=N)n(CCCl)c1=O. The fourth-order valence-corrected chi connectivity index (χ4v) is 1.10. The summed E-state index contributed by atoms with van der Waals surface area (Å²) in [7, 11) is 1.65. The van der Waals surface area contributed by atoms with Crippen molar-refractivity contribution in [2.75, 3.05) is 5.88 Å². The monoisotopic (exact) mass is 223 g/mol. The molecule has 0 saturated heterocycles. The van der Waals surface area contributed by atoms with E-state index in [2.05, 4.69) is 0 Å². The first-order valence-electron chi connectivity index (χ1n) is 3.54. The molecule has 0 spiro atoms. The molecule has 0 radical (unpaired) electrons. The third kappa shape index (κ3) is 2.60. The average Bonchev–Trinajstić information content (AvgIpc) is 2.06. The minimum atomic E-state index is -0.205. The fraction of sp³-hybridized carbons (Fsp3) is 0.429. The molecule has 1 rings (SSSR count). The van der Waals surface area contributed by atoms with Crippen LogP contribution in [0.5, 0.6) is 0 Å². The van der Waals surface area contributed by atoms with E-state index in [0.717, 1.165) is 0 Å². The number of nitrogens with one attached hydrogen (secondary N) is 1. The standard InChI is InChI=1S/C7H10ClN3O.ClH/c1-10-4-2-6(9)11(5-3-8)7(10)12;/h2,4,9H,3,5H2,1H3;1H. The quantitative estimate of drug-likeness (QED) is 0.723. The summed E-state index contributed by atoms with van der Waals surface area (Å²) >= 11 is 5.48. The van der Waals surface area contributed by atoms with Crippen LogP contribution in [0.15, 0.2) is 17.1 Å². The Kier molecular flexibility index (Phi) is 4.80. The van der Waals surface area contributed by atoms with Crippen LogP contribution in [0.25, 0.3) is 0 Å². The van der Waals surface area contributed by atoms with Crippen molar-refractivity contribution in [3.05, 3.63) is 28.2 Å². The predicted octanol–water partition coefficient (Wildman–Crippen LogP) is 0.327. The third-order valence-corrected chi connectivity index (χ3v) is 1.76. The van der Waals surface area contributed by atoms with Crippen molar-refractivity contribution in [3.63, 3.8) is 0 Å². The number of halogens is 2. The van der Waals surface area contributed by atoms with E-state index in [9.17, 15) is 4.79 Å². The lowest BCUT2D eigenvalue weighted by atomic mass is 10.6. The van der Waals surface area contributed by atoms with Gasteiger partial charge in [0.05, 0.1) is 0 Å². The zero-order valence-electron chi connectivity index (χ0n) is 7.16. The van der Waals surface area contributed by atoms with Gasteiger partial charge in [-0.2, -0.15) is 0 Å². The van der Waals surface area contributed by atoms with Crippen LogP contribution in [0, 0.1) is 5.41 Å². The molecule has 6 heteroatoms. The molecule has 1 aromatic heterocycles. The molecule has 13 heavy (non-hydrogen) atoms. The van der Waals surface area contributed by atoms with E-state index in [1.165, 1.54) is 9.13 Å². The number of hydrogen-bond acceptors (Lipinski definition) is 2. The zero-order valence-corrected chi connectivity index (χ0v) is 8.73. The minimum Gasteiger partial charge on any atom is -0.304 e. The minimum absolute atomic E-state index is 0. The highest BCUT2D eigenvalue weighted by atomic mass is 35.5. The normalized spacial score (nSPS) is 9.38. The van der Waals surface area contributed by atoms with E-state index in [0.29, 0.717) is 12.4 Å². The first-order chi connectivity index (χ1) is 5.66. The van der Waals surface area contributed by atoms with E-state index in [1.54, 1.807) is 19.3 Å². The maximum atomic E-state index is 11.3. The second-order valence-corrected chi connectivity index (χ2v) is 2.81. The molecule has 0 aliphatic heterocycles. The van der Waals surface area contributed by atoms with Gasteiger partial charge < -0.3 is 4.57 Å². The first kappa shape index (κ1) is 12.3. The second-order valence-electron chi connectivity index (χ2n) is 2.44. The Labute approximate surface area is 86.7 Å². The van der Waals surface area contributed by atoms with Gasteiger partial charge in [-0.05, 0) is 6.07 Å². The lowest BCUT2D eigenvalue weighted by Crippen LogP contribution is -2.38. The summed E-state index contributed by atoms with van der Waals surface area (Å²) in [6, 6.07) is 1.56. The van der Waals surface area contributed by atoms with Gasteiger partial charge >= 0.3 is 5.69 Å². The molecule has 0 bridgehead atoms. The Morgan fingerprint density at radius 2 is 2.23 bits per heavy atom. The summed E-state index contributed by atoms with van der Waals surface area (Å²) in [5.41, 5.74) is -0.0121. The summed E-state index contributed by atoms with van der Waals surface area (Å²) in [6.45, 7) is 0.383. The fourth-order valence-electron chi connectivity index (χ4n) is 0.930. The number of alkyl halides is 1. The van der Waals surface area contributed by atoms with Crippen molar-refractivity contribution < 1.29 is 0 Å². The maximum Gasteiger partial charge on any atom is 0.329 e. The van der Waals surface area contributed by atoms with Crippen LogP contribution >= 0.6 is 24.0 Å². The highest BCUT2D eigenvalue weighted by Crippen LogP contribution is 1.78. The van der Waals surface area contributed by atoms with Crippen molar-refractivity contribution >= 4 is 24.0 Å². The molecule has 0 fully saturated rings. The predicted molar refractivity (Wildman–Crippen MR) is 53.5 cm³/mol. The number of hydrogen-bond donors (Lipinski definition) is 1. The Bertz CT molecular complexity index is 382. The number of nitrogens with zero attached hydrogens (tertiary/aromatic N) is 2. The summed E-state index contributed by atoms with van der Waals surface area (Å²) in [6.07, 6.45) is 1.56. The van der Waals surface area contributed by atoms with E-state index >= 15 is 0 Å². The van der Waals surface area contributed by atoms with Gasteiger partial charge in [-0.15, -0.1) is 24.0 Å². The van der Waals surface area contributed by atoms with Gasteiger partial charge in [0.2, 0.25) is 0 Å². The van der Waals surface area contributed by atoms with Gasteiger partial charge in [0.1, 0.15) is 5.49 Å². The van der Waals surface area contributed by atoms with Crippen molar-refractivity contribution in [3.8, 4) is 0 Å². The van der Waals surface area contributed by atoms with Crippen molar-refractivity contribution in [2.45, 2.75) is 6.54 Å². The highest BCUT2D eigenvalue weighted by Gasteiger charge is 1.97. The van der Waals surface area contributed by atoms with Gasteiger partial charge in [-0.3, -0.25) is 9.98 Å². The average molecular weight is 224 g/mol. The zero-order chi connectivity index (χ0) is 9.14. The molecular formula is C7H11Cl2N3O. The molecule has 0 atom stereocenters.